The van der Waals surface area contributed by atoms with Crippen molar-refractivity contribution < 1.29 is 33.1 Å². The molecule has 0 spiro atoms. The molecule has 3 heterocycles. The lowest BCUT2D eigenvalue weighted by molar-refractivity contribution is -0.231. The van der Waals surface area contributed by atoms with Crippen LogP contribution < -0.4 is 0 Å². The molecule has 0 aliphatic carbocycles. The molecule has 2 aliphatic heterocycles. The van der Waals surface area contributed by atoms with Gasteiger partial charge < -0.3 is 23.5 Å². The second-order valence-electron chi connectivity index (χ2n) is 9.44. The van der Waals surface area contributed by atoms with Crippen LogP contribution in [-0.2, 0) is 28.6 Å². The lowest BCUT2D eigenvalue weighted by atomic mass is 9.78. The molecule has 1 fully saturated rings. The second-order valence-corrected chi connectivity index (χ2v) is 9.44. The number of carbonyl (C=O) groups is 2. The van der Waals surface area contributed by atoms with Crippen molar-refractivity contribution in [3.05, 3.63) is 65.4 Å². The molecule has 0 N–H and O–H groups in total. The third kappa shape index (κ3) is 3.36. The largest absolute Gasteiger partial charge is 0.465 e. The number of hydrogen-bond donors (Lipinski definition) is 0. The summed E-state index contributed by atoms with van der Waals surface area (Å²) in [7, 11) is 4.07. The SMILES string of the molecule is COC(=O)C1=C(C(=O)OC)[C@]2(/C=C/c3cccc4c3oc3ccccc34)CC(C)(C)[C@@H](OC)N2O1. The minimum Gasteiger partial charge on any atom is -0.465 e. The summed E-state index contributed by atoms with van der Waals surface area (Å²) in [6, 6.07) is 13.8. The number of hydroxylamine groups is 2. The van der Waals surface area contributed by atoms with Gasteiger partial charge in [-0.25, -0.2) is 9.59 Å². The summed E-state index contributed by atoms with van der Waals surface area (Å²) in [5.41, 5.74) is 0.858. The number of nitrogens with zero attached hydrogens (tertiary/aromatic N) is 1. The fourth-order valence-electron chi connectivity index (χ4n) is 5.42. The van der Waals surface area contributed by atoms with Crippen LogP contribution in [0.25, 0.3) is 28.0 Å². The van der Waals surface area contributed by atoms with E-state index in [9.17, 15) is 9.59 Å². The smallest absolute Gasteiger partial charge is 0.376 e. The molecule has 0 radical (unpaired) electrons. The summed E-state index contributed by atoms with van der Waals surface area (Å²) in [6.45, 7) is 4.04. The Hall–Kier alpha value is -3.62. The van der Waals surface area contributed by atoms with E-state index in [1.165, 1.54) is 14.2 Å². The molecule has 0 saturated carbocycles. The molecule has 0 unspecified atom stereocenters. The Labute approximate surface area is 202 Å². The fraction of sp³-hybridized carbons (Fsp3) is 0.333. The first-order chi connectivity index (χ1) is 16.8. The predicted molar refractivity (Wildman–Crippen MR) is 129 cm³/mol. The number of benzene rings is 2. The Morgan fingerprint density at radius 2 is 1.71 bits per heavy atom. The number of methoxy groups -OCH3 is 3. The van der Waals surface area contributed by atoms with Crippen LogP contribution >= 0.6 is 0 Å². The maximum absolute atomic E-state index is 13.1. The molecule has 8 nitrogen and oxygen atoms in total. The third-order valence-corrected chi connectivity index (χ3v) is 6.81. The van der Waals surface area contributed by atoms with Crippen molar-refractivity contribution in [3.63, 3.8) is 0 Å². The average Bonchev–Trinajstić information content (AvgIpc) is 3.45. The zero-order valence-electron chi connectivity index (χ0n) is 20.3. The van der Waals surface area contributed by atoms with E-state index in [1.807, 2.05) is 68.5 Å². The summed E-state index contributed by atoms with van der Waals surface area (Å²) in [5, 5.41) is 3.56. The van der Waals surface area contributed by atoms with Crippen LogP contribution in [0.4, 0.5) is 0 Å². The van der Waals surface area contributed by atoms with Crippen LogP contribution in [0, 0.1) is 5.41 Å². The van der Waals surface area contributed by atoms with Crippen molar-refractivity contribution in [2.24, 2.45) is 5.41 Å². The Bertz CT molecular complexity index is 1400. The standard InChI is InChI=1S/C27H27NO7/c1-26(2)15-27(20(23(29)31-3)22(24(30)32-4)35-28(27)25(26)33-5)14-13-16-9-8-11-18-17-10-6-7-12-19(17)34-21(16)18/h6-14,25H,15H2,1-5H3/b14-13+/t25-,27+/m1/s1. The predicted octanol–water partition coefficient (Wildman–Crippen LogP) is 4.59. The molecular weight excluding hydrogens is 450 g/mol. The van der Waals surface area contributed by atoms with Crippen LogP contribution in [0.5, 0.6) is 0 Å². The monoisotopic (exact) mass is 477 g/mol. The lowest BCUT2D eigenvalue weighted by Crippen LogP contribution is -2.45. The highest BCUT2D eigenvalue weighted by Gasteiger charge is 2.65. The van der Waals surface area contributed by atoms with E-state index in [2.05, 4.69) is 0 Å². The number of para-hydroxylation sites is 2. The number of carbonyl (C=O) groups excluding carboxylic acids is 2. The normalized spacial score (nSPS) is 23.7. The molecule has 2 aliphatic rings. The van der Waals surface area contributed by atoms with Crippen molar-refractivity contribution in [3.8, 4) is 0 Å². The molecule has 182 valence electrons. The molecule has 2 aromatic carbocycles. The highest BCUT2D eigenvalue weighted by atomic mass is 16.7. The van der Waals surface area contributed by atoms with Crippen LogP contribution in [0.15, 0.2) is 64.3 Å². The van der Waals surface area contributed by atoms with Crippen LogP contribution in [-0.4, -0.2) is 50.1 Å². The summed E-state index contributed by atoms with van der Waals surface area (Å²) in [4.78, 5) is 31.6. The maximum atomic E-state index is 13.1. The van der Waals surface area contributed by atoms with Gasteiger partial charge in [-0.05, 0) is 12.5 Å². The number of furan rings is 1. The van der Waals surface area contributed by atoms with Gasteiger partial charge in [-0.3, -0.25) is 0 Å². The average molecular weight is 478 g/mol. The van der Waals surface area contributed by atoms with Crippen molar-refractivity contribution in [1.82, 2.24) is 5.06 Å². The number of esters is 2. The van der Waals surface area contributed by atoms with Gasteiger partial charge in [0, 0.05) is 28.9 Å². The van der Waals surface area contributed by atoms with Crippen LogP contribution in [0.2, 0.25) is 0 Å². The van der Waals surface area contributed by atoms with Gasteiger partial charge in [0.1, 0.15) is 28.5 Å². The molecule has 1 saturated heterocycles. The van der Waals surface area contributed by atoms with E-state index in [4.69, 9.17) is 23.5 Å². The van der Waals surface area contributed by atoms with Gasteiger partial charge in [-0.2, -0.15) is 0 Å². The van der Waals surface area contributed by atoms with Gasteiger partial charge >= 0.3 is 11.9 Å². The lowest BCUT2D eigenvalue weighted by Gasteiger charge is -2.31. The summed E-state index contributed by atoms with van der Waals surface area (Å²) >= 11 is 0. The van der Waals surface area contributed by atoms with E-state index in [0.29, 0.717) is 6.42 Å². The second kappa shape index (κ2) is 8.25. The highest BCUT2D eigenvalue weighted by molar-refractivity contribution is 6.07. The third-order valence-electron chi connectivity index (χ3n) is 6.81. The molecule has 3 aromatic rings. The maximum Gasteiger partial charge on any atom is 0.376 e. The highest BCUT2D eigenvalue weighted by Crippen LogP contribution is 2.55. The minimum absolute atomic E-state index is 0.0764. The molecule has 35 heavy (non-hydrogen) atoms. The number of ether oxygens (including phenoxy) is 3. The number of rotatable bonds is 5. The molecule has 8 heteroatoms. The topological polar surface area (TPSA) is 87.4 Å². The van der Waals surface area contributed by atoms with Crippen molar-refractivity contribution >= 4 is 40.0 Å². The zero-order chi connectivity index (χ0) is 25.0. The first-order valence-corrected chi connectivity index (χ1v) is 11.3. The van der Waals surface area contributed by atoms with E-state index in [-0.39, 0.29) is 11.3 Å². The van der Waals surface area contributed by atoms with E-state index in [1.54, 1.807) is 12.2 Å². The van der Waals surface area contributed by atoms with Gasteiger partial charge in [0.2, 0.25) is 5.76 Å². The molecule has 0 bridgehead atoms. The Kier molecular flexibility index (Phi) is 5.45. The minimum atomic E-state index is -1.13. The van der Waals surface area contributed by atoms with E-state index in [0.717, 1.165) is 27.5 Å². The number of fused-ring (bicyclic) bond motifs is 4. The van der Waals surface area contributed by atoms with Gasteiger partial charge in [0.25, 0.3) is 0 Å². The van der Waals surface area contributed by atoms with Gasteiger partial charge in [-0.1, -0.05) is 67.5 Å². The van der Waals surface area contributed by atoms with Gasteiger partial charge in [-0.15, -0.1) is 0 Å². The fourth-order valence-corrected chi connectivity index (χ4v) is 5.42. The molecule has 2 atom stereocenters. The first-order valence-electron chi connectivity index (χ1n) is 11.3. The quantitative estimate of drug-likeness (QED) is 0.493. The van der Waals surface area contributed by atoms with Crippen LogP contribution in [0.3, 0.4) is 0 Å². The summed E-state index contributed by atoms with van der Waals surface area (Å²) < 4.78 is 21.9. The Balaban J connectivity index is 1.71. The first kappa shape index (κ1) is 23.1. The van der Waals surface area contributed by atoms with Crippen molar-refractivity contribution in [2.45, 2.75) is 32.0 Å². The van der Waals surface area contributed by atoms with Crippen molar-refractivity contribution in [2.75, 3.05) is 21.3 Å². The Morgan fingerprint density at radius 3 is 2.43 bits per heavy atom. The number of hydrogen-bond acceptors (Lipinski definition) is 8. The molecule has 5 rings (SSSR count). The van der Waals surface area contributed by atoms with Gasteiger partial charge in [0.15, 0.2) is 0 Å². The summed E-state index contributed by atoms with van der Waals surface area (Å²) in [5.74, 6) is -1.64. The molecule has 0 amide bonds. The van der Waals surface area contributed by atoms with E-state index >= 15 is 0 Å². The zero-order valence-corrected chi connectivity index (χ0v) is 20.3. The van der Waals surface area contributed by atoms with Crippen LogP contribution in [0.1, 0.15) is 25.8 Å². The summed E-state index contributed by atoms with van der Waals surface area (Å²) in [6.07, 6.45) is 3.63. The molecule has 1 aromatic heterocycles. The Morgan fingerprint density at radius 1 is 1.00 bits per heavy atom. The van der Waals surface area contributed by atoms with Gasteiger partial charge in [0.05, 0.1) is 14.2 Å². The van der Waals surface area contributed by atoms with E-state index < -0.39 is 29.1 Å². The van der Waals surface area contributed by atoms with Crippen molar-refractivity contribution in [1.29, 1.82) is 0 Å². The molecular formula is C27H27NO7.